The van der Waals surface area contributed by atoms with Crippen LogP contribution in [0, 0.1) is 6.92 Å². The van der Waals surface area contributed by atoms with Crippen LogP contribution >= 0.6 is 11.8 Å². The fourth-order valence-corrected chi connectivity index (χ4v) is 2.23. The molecule has 0 aliphatic carbocycles. The van der Waals surface area contributed by atoms with Gasteiger partial charge in [-0.25, -0.2) is 0 Å². The molecule has 6 heteroatoms. The van der Waals surface area contributed by atoms with E-state index in [-0.39, 0.29) is 11.7 Å². The van der Waals surface area contributed by atoms with Crippen LogP contribution in [0.25, 0.3) is 11.5 Å². The second-order valence-electron chi connectivity index (χ2n) is 4.33. The molecule has 106 valence electrons. The number of nitrogens with zero attached hydrogens (tertiary/aromatic N) is 2. The van der Waals surface area contributed by atoms with Crippen molar-refractivity contribution in [3.8, 4) is 11.5 Å². The van der Waals surface area contributed by atoms with Crippen molar-refractivity contribution in [1.29, 1.82) is 0 Å². The lowest BCUT2D eigenvalue weighted by atomic mass is 10.1. The van der Waals surface area contributed by atoms with Gasteiger partial charge in [0.15, 0.2) is 0 Å². The Balaban J connectivity index is 1.96. The fourth-order valence-electron chi connectivity index (χ4n) is 1.63. The van der Waals surface area contributed by atoms with Gasteiger partial charge in [-0.2, -0.15) is 0 Å². The van der Waals surface area contributed by atoms with E-state index < -0.39 is 0 Å². The molecule has 0 radical (unpaired) electrons. The molecule has 0 aliphatic heterocycles. The van der Waals surface area contributed by atoms with Crippen LogP contribution in [-0.2, 0) is 4.79 Å². The van der Waals surface area contributed by atoms with E-state index in [9.17, 15) is 4.79 Å². The first-order valence-corrected chi connectivity index (χ1v) is 7.48. The van der Waals surface area contributed by atoms with Crippen molar-refractivity contribution in [3.63, 3.8) is 0 Å². The van der Waals surface area contributed by atoms with Crippen molar-refractivity contribution in [1.82, 2.24) is 15.5 Å². The molecular weight excluding hydrogens is 274 g/mol. The van der Waals surface area contributed by atoms with Crippen molar-refractivity contribution >= 4 is 17.7 Å². The first kappa shape index (κ1) is 14.6. The predicted molar refractivity (Wildman–Crippen MR) is 78.5 cm³/mol. The van der Waals surface area contributed by atoms with Crippen molar-refractivity contribution in [2.75, 3.05) is 12.3 Å². The molecule has 2 aromatic rings. The number of carbonyl (C=O) groups is 1. The average molecular weight is 291 g/mol. The molecule has 1 aromatic heterocycles. The summed E-state index contributed by atoms with van der Waals surface area (Å²) in [7, 11) is 0. The molecule has 1 heterocycles. The molecule has 1 aromatic carbocycles. The first-order chi connectivity index (χ1) is 9.70. The van der Waals surface area contributed by atoms with Gasteiger partial charge in [-0.05, 0) is 25.0 Å². The van der Waals surface area contributed by atoms with Crippen LogP contribution in [-0.4, -0.2) is 28.4 Å². The molecule has 0 fully saturated rings. The zero-order chi connectivity index (χ0) is 14.4. The van der Waals surface area contributed by atoms with E-state index in [1.165, 1.54) is 11.8 Å². The lowest BCUT2D eigenvalue weighted by Crippen LogP contribution is -2.25. The molecule has 1 amide bonds. The van der Waals surface area contributed by atoms with Gasteiger partial charge in [0, 0.05) is 12.1 Å². The minimum atomic E-state index is -0.0208. The number of carbonyl (C=O) groups excluding carboxylic acids is 1. The molecule has 0 unspecified atom stereocenters. The fraction of sp³-hybridized carbons (Fsp3) is 0.357. The minimum Gasteiger partial charge on any atom is -0.411 e. The summed E-state index contributed by atoms with van der Waals surface area (Å²) in [6, 6.07) is 7.82. The standard InChI is InChI=1S/C14H17N3O2S/c1-3-8-15-12(18)9-20-14-17-16-13(19-14)11-7-5-4-6-10(11)2/h4-7H,3,8-9H2,1-2H3,(H,15,18). The van der Waals surface area contributed by atoms with Crippen LogP contribution < -0.4 is 5.32 Å². The molecule has 0 spiro atoms. The maximum Gasteiger partial charge on any atom is 0.277 e. The highest BCUT2D eigenvalue weighted by atomic mass is 32.2. The monoisotopic (exact) mass is 291 g/mol. The van der Waals surface area contributed by atoms with Gasteiger partial charge in [0.05, 0.1) is 5.75 Å². The van der Waals surface area contributed by atoms with Gasteiger partial charge in [-0.1, -0.05) is 36.9 Å². The summed E-state index contributed by atoms with van der Waals surface area (Å²) in [5.41, 5.74) is 2.00. The van der Waals surface area contributed by atoms with E-state index in [4.69, 9.17) is 4.42 Å². The van der Waals surface area contributed by atoms with Gasteiger partial charge in [-0.15, -0.1) is 10.2 Å². The largest absolute Gasteiger partial charge is 0.411 e. The Morgan fingerprint density at radius 1 is 1.35 bits per heavy atom. The first-order valence-electron chi connectivity index (χ1n) is 6.49. The third kappa shape index (κ3) is 3.84. The summed E-state index contributed by atoms with van der Waals surface area (Å²) in [5.74, 6) is 0.752. The molecule has 5 nitrogen and oxygen atoms in total. The van der Waals surface area contributed by atoms with Crippen LogP contribution in [0.5, 0.6) is 0 Å². The summed E-state index contributed by atoms with van der Waals surface area (Å²) in [5, 5.41) is 11.2. The number of nitrogens with one attached hydrogen (secondary N) is 1. The number of aryl methyl sites for hydroxylation is 1. The molecule has 0 saturated carbocycles. The summed E-state index contributed by atoms with van der Waals surface area (Å²) in [6.45, 7) is 4.70. The number of aromatic nitrogens is 2. The van der Waals surface area contributed by atoms with Crippen LogP contribution in [0.1, 0.15) is 18.9 Å². The third-order valence-corrected chi connectivity index (χ3v) is 3.50. The van der Waals surface area contributed by atoms with Crippen molar-refractivity contribution in [2.45, 2.75) is 25.5 Å². The van der Waals surface area contributed by atoms with Gasteiger partial charge in [0.2, 0.25) is 11.8 Å². The Bertz CT molecular complexity index is 583. The highest BCUT2D eigenvalue weighted by Crippen LogP contribution is 2.25. The Labute approximate surface area is 122 Å². The maximum absolute atomic E-state index is 11.5. The lowest BCUT2D eigenvalue weighted by Gasteiger charge is -2.00. The topological polar surface area (TPSA) is 68.0 Å². The van der Waals surface area contributed by atoms with Crippen LogP contribution in [0.2, 0.25) is 0 Å². The van der Waals surface area contributed by atoms with Crippen molar-refractivity contribution in [2.24, 2.45) is 0 Å². The number of benzene rings is 1. The van der Waals surface area contributed by atoms with Crippen LogP contribution in [0.4, 0.5) is 0 Å². The Morgan fingerprint density at radius 2 is 2.15 bits per heavy atom. The number of thioether (sulfide) groups is 1. The minimum absolute atomic E-state index is 0.0208. The van der Waals surface area contributed by atoms with Gasteiger partial charge in [0.25, 0.3) is 5.22 Å². The number of hydrogen-bond donors (Lipinski definition) is 1. The molecule has 0 bridgehead atoms. The van der Waals surface area contributed by atoms with Crippen molar-refractivity contribution in [3.05, 3.63) is 29.8 Å². The summed E-state index contributed by atoms with van der Waals surface area (Å²) in [4.78, 5) is 11.5. The number of amides is 1. The Kier molecular flexibility index (Phi) is 5.17. The highest BCUT2D eigenvalue weighted by Gasteiger charge is 2.12. The highest BCUT2D eigenvalue weighted by molar-refractivity contribution is 7.99. The van der Waals surface area contributed by atoms with E-state index in [1.54, 1.807) is 0 Å². The molecule has 0 aliphatic rings. The SMILES string of the molecule is CCCNC(=O)CSc1nnc(-c2ccccc2C)o1. The normalized spacial score (nSPS) is 10.5. The van der Waals surface area contributed by atoms with E-state index in [1.807, 2.05) is 38.1 Å². The number of rotatable bonds is 6. The molecule has 1 N–H and O–H groups in total. The van der Waals surface area contributed by atoms with Gasteiger partial charge in [-0.3, -0.25) is 4.79 Å². The van der Waals surface area contributed by atoms with E-state index in [0.717, 1.165) is 17.5 Å². The Hall–Kier alpha value is -1.82. The molecule has 2 rings (SSSR count). The average Bonchev–Trinajstić information content (AvgIpc) is 2.92. The van der Waals surface area contributed by atoms with Crippen molar-refractivity contribution < 1.29 is 9.21 Å². The summed E-state index contributed by atoms with van der Waals surface area (Å²) >= 11 is 1.25. The molecule has 20 heavy (non-hydrogen) atoms. The lowest BCUT2D eigenvalue weighted by molar-refractivity contribution is -0.118. The summed E-state index contributed by atoms with van der Waals surface area (Å²) in [6.07, 6.45) is 0.925. The van der Waals surface area contributed by atoms with E-state index >= 15 is 0 Å². The van der Waals surface area contributed by atoms with Crippen LogP contribution in [0.3, 0.4) is 0 Å². The summed E-state index contributed by atoms with van der Waals surface area (Å²) < 4.78 is 5.57. The zero-order valence-corrected chi connectivity index (χ0v) is 12.4. The van der Waals surface area contributed by atoms with Crippen LogP contribution in [0.15, 0.2) is 33.9 Å². The second kappa shape index (κ2) is 7.09. The third-order valence-electron chi connectivity index (χ3n) is 2.68. The van der Waals surface area contributed by atoms with E-state index in [2.05, 4.69) is 15.5 Å². The molecule has 0 atom stereocenters. The maximum atomic E-state index is 11.5. The molecular formula is C14H17N3O2S. The molecule has 0 saturated heterocycles. The van der Waals surface area contributed by atoms with Gasteiger partial charge < -0.3 is 9.73 Å². The second-order valence-corrected chi connectivity index (χ2v) is 5.25. The van der Waals surface area contributed by atoms with Gasteiger partial charge >= 0.3 is 0 Å². The van der Waals surface area contributed by atoms with E-state index in [0.29, 0.717) is 17.7 Å². The Morgan fingerprint density at radius 3 is 2.90 bits per heavy atom. The van der Waals surface area contributed by atoms with Gasteiger partial charge in [0.1, 0.15) is 0 Å². The number of hydrogen-bond acceptors (Lipinski definition) is 5. The zero-order valence-electron chi connectivity index (χ0n) is 11.5. The quantitative estimate of drug-likeness (QED) is 0.829. The smallest absolute Gasteiger partial charge is 0.277 e. The predicted octanol–water partition coefficient (Wildman–Crippen LogP) is 2.66.